The first-order valence-corrected chi connectivity index (χ1v) is 5.78. The van der Waals surface area contributed by atoms with E-state index in [0.29, 0.717) is 0 Å². The molecular weight excluding hydrogens is 222 g/mol. The number of hydrogen-bond acceptors (Lipinski definition) is 2. The van der Waals surface area contributed by atoms with Gasteiger partial charge in [0.2, 0.25) is 0 Å². The maximum Gasteiger partial charge on any atom is 0.0152 e. The summed E-state index contributed by atoms with van der Waals surface area (Å²) in [6.07, 6.45) is 0. The van der Waals surface area contributed by atoms with Crippen LogP contribution >= 0.6 is 0 Å². The van der Waals surface area contributed by atoms with Gasteiger partial charge in [0.15, 0.2) is 0 Å². The second-order valence-corrected chi connectivity index (χ2v) is 3.51. The molecule has 0 aliphatic rings. The summed E-state index contributed by atoms with van der Waals surface area (Å²) in [6, 6.07) is 20.8. The molecule has 1 unspecified atom stereocenters. The molecule has 0 radical (unpaired) electrons. The summed E-state index contributed by atoms with van der Waals surface area (Å²) in [4.78, 5) is 0. The minimum atomic E-state index is -2.36. The number of benzene rings is 2. The maximum absolute atomic E-state index is 8.78. The Kier molecular flexibility index (Phi) is 5.42. The lowest BCUT2D eigenvalue weighted by molar-refractivity contribution is 0.539. The number of hydrogen-bond donors (Lipinski definition) is 1. The van der Waals surface area contributed by atoms with Gasteiger partial charge in [-0.05, 0) is 11.1 Å². The van der Waals surface area contributed by atoms with E-state index in [4.69, 9.17) is 8.76 Å². The molecule has 2 N–H and O–H groups in total. The topological polar surface area (TPSA) is 66.2 Å². The monoisotopic (exact) mass is 234 g/mol. The first kappa shape index (κ1) is 12.6. The first-order valence-electron chi connectivity index (χ1n) is 4.64. The highest BCUT2D eigenvalue weighted by molar-refractivity contribution is 7.76. The quantitative estimate of drug-likeness (QED) is 0.768. The summed E-state index contributed by atoms with van der Waals surface area (Å²) in [7, 11) is 0. The van der Waals surface area contributed by atoms with Gasteiger partial charge in [0.25, 0.3) is 0 Å². The smallest absolute Gasteiger partial charge is 0.0152 e. The van der Waals surface area contributed by atoms with Crippen LogP contribution in [-0.4, -0.2) is 8.76 Å². The van der Waals surface area contributed by atoms with Crippen molar-refractivity contribution in [2.24, 2.45) is 5.14 Å². The predicted molar refractivity (Wildman–Crippen MR) is 65.0 cm³/mol. The average molecular weight is 234 g/mol. The van der Waals surface area contributed by atoms with E-state index in [0.717, 1.165) is 0 Å². The Morgan fingerprint density at radius 1 is 0.812 bits per heavy atom. The number of nitrogens with two attached hydrogens (primary N) is 1. The van der Waals surface area contributed by atoms with Gasteiger partial charge in [-0.2, -0.15) is 0 Å². The molecule has 0 amide bonds. The minimum absolute atomic E-state index is 1.28. The third-order valence-electron chi connectivity index (χ3n) is 1.88. The fourth-order valence-electron chi connectivity index (χ4n) is 1.26. The van der Waals surface area contributed by atoms with Crippen LogP contribution in [0.3, 0.4) is 0 Å². The third kappa shape index (κ3) is 4.84. The lowest BCUT2D eigenvalue weighted by Gasteiger charge is -1.98. The van der Waals surface area contributed by atoms with Crippen molar-refractivity contribution in [3.63, 3.8) is 0 Å². The zero-order valence-electron chi connectivity index (χ0n) is 8.58. The van der Waals surface area contributed by atoms with Crippen molar-refractivity contribution < 1.29 is 8.76 Å². The van der Waals surface area contributed by atoms with Crippen LogP contribution in [0.15, 0.2) is 60.7 Å². The molecule has 0 saturated carbocycles. The van der Waals surface area contributed by atoms with Gasteiger partial charge in [-0.3, -0.25) is 9.35 Å². The van der Waals surface area contributed by atoms with E-state index in [2.05, 4.69) is 53.7 Å². The second-order valence-electron chi connectivity index (χ2n) is 2.99. The first-order chi connectivity index (χ1) is 7.70. The molecule has 84 valence electrons. The van der Waals surface area contributed by atoms with E-state index in [1.54, 1.807) is 0 Å². The molecular formula is C12H12NO2S-. The van der Waals surface area contributed by atoms with Crippen LogP contribution in [0.4, 0.5) is 0 Å². The van der Waals surface area contributed by atoms with Gasteiger partial charge in [0.1, 0.15) is 0 Å². The third-order valence-corrected chi connectivity index (χ3v) is 1.88. The van der Waals surface area contributed by atoms with E-state index in [9.17, 15) is 0 Å². The Bertz CT molecular complexity index is 390. The van der Waals surface area contributed by atoms with Gasteiger partial charge in [0.05, 0.1) is 0 Å². The van der Waals surface area contributed by atoms with E-state index in [1.807, 2.05) is 12.1 Å². The van der Waals surface area contributed by atoms with Crippen molar-refractivity contribution in [1.29, 1.82) is 0 Å². The molecule has 0 aliphatic carbocycles. The lowest BCUT2D eigenvalue weighted by atomic mass is 10.1. The predicted octanol–water partition coefficient (Wildman–Crippen LogP) is 2.09. The molecule has 1 atom stereocenters. The molecule has 0 aliphatic heterocycles. The van der Waals surface area contributed by atoms with Crippen molar-refractivity contribution in [3.05, 3.63) is 60.7 Å². The Balaban J connectivity index is 0.000000280. The van der Waals surface area contributed by atoms with Crippen molar-refractivity contribution in [1.82, 2.24) is 0 Å². The molecule has 2 aromatic carbocycles. The van der Waals surface area contributed by atoms with Crippen LogP contribution < -0.4 is 5.14 Å². The summed E-state index contributed by atoms with van der Waals surface area (Å²) >= 11 is -2.36. The number of rotatable bonds is 1. The second kappa shape index (κ2) is 6.90. The molecule has 4 heteroatoms. The Hall–Kier alpha value is -1.49. The standard InChI is InChI=1S/C12H10.H3NO2S/c1-3-7-11(8-4-1)12-9-5-2-6-10-12;1-4(2)3/h1-10H;1H2,(H,2,3)/p-1. The molecule has 0 bridgehead atoms. The molecule has 0 saturated heterocycles. The molecule has 3 nitrogen and oxygen atoms in total. The van der Waals surface area contributed by atoms with E-state index in [1.165, 1.54) is 11.1 Å². The highest BCUT2D eigenvalue weighted by Crippen LogP contribution is 2.17. The molecule has 0 spiro atoms. The van der Waals surface area contributed by atoms with Crippen molar-refractivity contribution >= 4 is 11.3 Å². The van der Waals surface area contributed by atoms with E-state index >= 15 is 0 Å². The highest BCUT2D eigenvalue weighted by Gasteiger charge is 1.91. The van der Waals surface area contributed by atoms with Crippen LogP contribution in [0.1, 0.15) is 0 Å². The molecule has 0 fully saturated rings. The van der Waals surface area contributed by atoms with Gasteiger partial charge in [-0.25, -0.2) is 0 Å². The van der Waals surface area contributed by atoms with E-state index in [-0.39, 0.29) is 0 Å². The maximum atomic E-state index is 8.78. The van der Waals surface area contributed by atoms with Crippen LogP contribution in [0.25, 0.3) is 11.1 Å². The Morgan fingerprint density at radius 2 is 1.06 bits per heavy atom. The summed E-state index contributed by atoms with van der Waals surface area (Å²) in [6.45, 7) is 0. The van der Waals surface area contributed by atoms with Crippen LogP contribution in [0.5, 0.6) is 0 Å². The summed E-state index contributed by atoms with van der Waals surface area (Å²) in [5.41, 5.74) is 2.55. The summed E-state index contributed by atoms with van der Waals surface area (Å²) in [5.74, 6) is 0. The van der Waals surface area contributed by atoms with E-state index < -0.39 is 11.3 Å². The van der Waals surface area contributed by atoms with Crippen molar-refractivity contribution in [3.8, 4) is 11.1 Å². The van der Waals surface area contributed by atoms with Crippen molar-refractivity contribution in [2.75, 3.05) is 0 Å². The largest absolute Gasteiger partial charge is 0.760 e. The summed E-state index contributed by atoms with van der Waals surface area (Å²) in [5, 5.41) is 4.03. The average Bonchev–Trinajstić information content (AvgIpc) is 2.31. The van der Waals surface area contributed by atoms with Crippen LogP contribution in [0.2, 0.25) is 0 Å². The summed E-state index contributed by atoms with van der Waals surface area (Å²) < 4.78 is 17.6. The van der Waals surface area contributed by atoms with Gasteiger partial charge in [-0.15, -0.1) is 0 Å². The molecule has 2 aromatic rings. The van der Waals surface area contributed by atoms with Gasteiger partial charge in [-0.1, -0.05) is 60.7 Å². The molecule has 16 heavy (non-hydrogen) atoms. The molecule has 2 rings (SSSR count). The fraction of sp³-hybridized carbons (Fsp3) is 0. The highest BCUT2D eigenvalue weighted by atomic mass is 32.2. The Morgan fingerprint density at radius 3 is 1.31 bits per heavy atom. The van der Waals surface area contributed by atoms with Gasteiger partial charge < -0.3 is 4.55 Å². The normalized spacial score (nSPS) is 11.1. The zero-order chi connectivity index (χ0) is 11.8. The van der Waals surface area contributed by atoms with Crippen LogP contribution in [-0.2, 0) is 11.3 Å². The van der Waals surface area contributed by atoms with Crippen molar-refractivity contribution in [2.45, 2.75) is 0 Å². The fourth-order valence-corrected chi connectivity index (χ4v) is 1.26. The SMILES string of the molecule is NS(=O)[O-].c1ccc(-c2ccccc2)cc1. The lowest BCUT2D eigenvalue weighted by Crippen LogP contribution is -1.97. The zero-order valence-corrected chi connectivity index (χ0v) is 9.39. The molecule has 0 heterocycles. The molecule has 0 aromatic heterocycles. The Labute approximate surface area is 97.3 Å². The van der Waals surface area contributed by atoms with Crippen LogP contribution in [0, 0.1) is 0 Å². The van der Waals surface area contributed by atoms with Gasteiger partial charge in [0, 0.05) is 11.3 Å². The van der Waals surface area contributed by atoms with Gasteiger partial charge >= 0.3 is 0 Å². The minimum Gasteiger partial charge on any atom is -0.760 e.